The standard InChI is InChI=1S/C13H17NO6S/c1-4-20-12-9(10(16)6-8(3)15)5-7(2)13(11(12)14)21(17,18)19/h5H,4,6,14H2,1-3H3,(H,17,18,19). The van der Waals surface area contributed by atoms with Gasteiger partial charge in [-0.15, -0.1) is 0 Å². The summed E-state index contributed by atoms with van der Waals surface area (Å²) in [5.74, 6) is -0.998. The van der Waals surface area contributed by atoms with Crippen molar-refractivity contribution in [2.75, 3.05) is 12.3 Å². The number of ketones is 2. The van der Waals surface area contributed by atoms with Gasteiger partial charge in [-0.05, 0) is 32.4 Å². The molecular formula is C13H17NO6S. The number of Topliss-reactive ketones (excluding diaryl/α,β-unsaturated/α-hetero) is 2. The van der Waals surface area contributed by atoms with Crippen molar-refractivity contribution in [3.63, 3.8) is 0 Å². The van der Waals surface area contributed by atoms with E-state index >= 15 is 0 Å². The van der Waals surface area contributed by atoms with E-state index in [4.69, 9.17) is 10.5 Å². The Balaban J connectivity index is 3.61. The molecule has 116 valence electrons. The molecule has 3 N–H and O–H groups in total. The lowest BCUT2D eigenvalue weighted by Gasteiger charge is -2.16. The number of hydrogen-bond acceptors (Lipinski definition) is 6. The van der Waals surface area contributed by atoms with Crippen LogP contribution in [-0.2, 0) is 14.9 Å². The monoisotopic (exact) mass is 315 g/mol. The first-order chi connectivity index (χ1) is 9.59. The fourth-order valence-corrected chi connectivity index (χ4v) is 2.82. The van der Waals surface area contributed by atoms with Gasteiger partial charge in [0, 0.05) is 0 Å². The van der Waals surface area contributed by atoms with Crippen molar-refractivity contribution in [3.05, 3.63) is 17.2 Å². The molecule has 0 spiro atoms. The minimum absolute atomic E-state index is 0.0226. The van der Waals surface area contributed by atoms with Crippen LogP contribution in [0, 0.1) is 6.92 Å². The summed E-state index contributed by atoms with van der Waals surface area (Å²) >= 11 is 0. The number of anilines is 1. The topological polar surface area (TPSA) is 124 Å². The Kier molecular flexibility index (Phi) is 5.08. The van der Waals surface area contributed by atoms with E-state index in [1.54, 1.807) is 6.92 Å². The Bertz CT molecular complexity index is 693. The normalized spacial score (nSPS) is 11.2. The quantitative estimate of drug-likeness (QED) is 0.352. The minimum Gasteiger partial charge on any atom is -0.491 e. The number of carbonyl (C=O) groups is 2. The van der Waals surface area contributed by atoms with Gasteiger partial charge < -0.3 is 10.5 Å². The van der Waals surface area contributed by atoms with E-state index in [1.807, 2.05) is 0 Å². The lowest BCUT2D eigenvalue weighted by atomic mass is 10.0. The molecule has 0 unspecified atom stereocenters. The highest BCUT2D eigenvalue weighted by molar-refractivity contribution is 7.86. The maximum Gasteiger partial charge on any atom is 0.296 e. The molecule has 0 bridgehead atoms. The van der Waals surface area contributed by atoms with Crippen LogP contribution in [-0.4, -0.2) is 31.1 Å². The van der Waals surface area contributed by atoms with Crippen molar-refractivity contribution in [2.45, 2.75) is 32.1 Å². The van der Waals surface area contributed by atoms with E-state index in [-0.39, 0.29) is 41.4 Å². The van der Waals surface area contributed by atoms with Crippen LogP contribution in [0.5, 0.6) is 5.75 Å². The molecule has 0 heterocycles. The zero-order valence-corrected chi connectivity index (χ0v) is 12.8. The molecular weight excluding hydrogens is 298 g/mol. The second-order valence-corrected chi connectivity index (χ2v) is 5.88. The molecule has 0 aliphatic carbocycles. The first kappa shape index (κ1) is 17.1. The molecule has 1 rings (SSSR count). The van der Waals surface area contributed by atoms with Gasteiger partial charge in [0.1, 0.15) is 10.7 Å². The Labute approximate surface area is 122 Å². The van der Waals surface area contributed by atoms with Crippen LogP contribution >= 0.6 is 0 Å². The van der Waals surface area contributed by atoms with E-state index in [9.17, 15) is 22.6 Å². The van der Waals surface area contributed by atoms with Gasteiger partial charge in [-0.3, -0.25) is 14.1 Å². The Morgan fingerprint density at radius 2 is 1.95 bits per heavy atom. The van der Waals surface area contributed by atoms with Gasteiger partial charge in [0.05, 0.1) is 24.3 Å². The number of benzene rings is 1. The van der Waals surface area contributed by atoms with Crippen molar-refractivity contribution < 1.29 is 27.3 Å². The molecule has 0 aliphatic rings. The summed E-state index contributed by atoms with van der Waals surface area (Å²) in [5.41, 5.74) is 5.51. The highest BCUT2D eigenvalue weighted by atomic mass is 32.2. The molecule has 8 heteroatoms. The Hall–Kier alpha value is -1.93. The smallest absolute Gasteiger partial charge is 0.296 e. The fourth-order valence-electron chi connectivity index (χ4n) is 1.98. The Morgan fingerprint density at radius 1 is 1.38 bits per heavy atom. The molecule has 21 heavy (non-hydrogen) atoms. The Morgan fingerprint density at radius 3 is 2.38 bits per heavy atom. The zero-order chi connectivity index (χ0) is 16.4. The summed E-state index contributed by atoms with van der Waals surface area (Å²) in [6, 6.07) is 1.25. The van der Waals surface area contributed by atoms with Crippen LogP contribution < -0.4 is 10.5 Å². The summed E-state index contributed by atoms with van der Waals surface area (Å²) in [5, 5.41) is 0. The highest BCUT2D eigenvalue weighted by Gasteiger charge is 2.26. The van der Waals surface area contributed by atoms with E-state index < -0.39 is 20.8 Å². The third kappa shape index (κ3) is 3.79. The van der Waals surface area contributed by atoms with Gasteiger partial charge in [-0.2, -0.15) is 8.42 Å². The molecule has 0 amide bonds. The van der Waals surface area contributed by atoms with Gasteiger partial charge in [-0.25, -0.2) is 0 Å². The molecule has 1 aromatic carbocycles. The molecule has 0 atom stereocenters. The van der Waals surface area contributed by atoms with Gasteiger partial charge in [0.25, 0.3) is 10.1 Å². The lowest BCUT2D eigenvalue weighted by molar-refractivity contribution is -0.116. The second kappa shape index (κ2) is 6.23. The van der Waals surface area contributed by atoms with Crippen molar-refractivity contribution in [2.24, 2.45) is 0 Å². The van der Waals surface area contributed by atoms with Crippen LogP contribution in [0.25, 0.3) is 0 Å². The number of hydrogen-bond donors (Lipinski definition) is 2. The van der Waals surface area contributed by atoms with Gasteiger partial charge in [0.15, 0.2) is 11.5 Å². The summed E-state index contributed by atoms with van der Waals surface area (Å²) in [6.07, 6.45) is -0.343. The third-order valence-corrected chi connectivity index (χ3v) is 3.77. The lowest BCUT2D eigenvalue weighted by Crippen LogP contribution is -2.14. The largest absolute Gasteiger partial charge is 0.491 e. The molecule has 0 saturated carbocycles. The predicted octanol–water partition coefficient (Wildman–Crippen LogP) is 1.38. The molecule has 0 radical (unpaired) electrons. The average Bonchev–Trinajstić information content (AvgIpc) is 2.29. The summed E-state index contributed by atoms with van der Waals surface area (Å²) in [4.78, 5) is 22.6. The molecule has 0 aromatic heterocycles. The average molecular weight is 315 g/mol. The number of nitrogen functional groups attached to an aromatic ring is 1. The highest BCUT2D eigenvalue weighted by Crippen LogP contribution is 2.36. The maximum absolute atomic E-state index is 12.0. The molecule has 1 aromatic rings. The second-order valence-electron chi connectivity index (χ2n) is 4.52. The SMILES string of the molecule is CCOc1c(C(=O)CC(C)=O)cc(C)c(S(=O)(=O)O)c1N. The molecule has 0 fully saturated rings. The van der Waals surface area contributed by atoms with Crippen molar-refractivity contribution in [1.29, 1.82) is 0 Å². The van der Waals surface area contributed by atoms with Gasteiger partial charge in [0.2, 0.25) is 0 Å². The first-order valence-corrected chi connectivity index (χ1v) is 7.59. The number of carbonyl (C=O) groups excluding carboxylic acids is 2. The predicted molar refractivity (Wildman–Crippen MR) is 76.2 cm³/mol. The van der Waals surface area contributed by atoms with E-state index in [2.05, 4.69) is 0 Å². The minimum atomic E-state index is -4.55. The maximum atomic E-state index is 12.0. The molecule has 0 saturated heterocycles. The van der Waals surface area contributed by atoms with Crippen LogP contribution in [0.4, 0.5) is 5.69 Å². The summed E-state index contributed by atoms with van der Waals surface area (Å²) in [6.45, 7) is 4.42. The number of rotatable bonds is 6. The van der Waals surface area contributed by atoms with Crippen molar-refractivity contribution >= 4 is 27.4 Å². The van der Waals surface area contributed by atoms with Crippen LogP contribution in [0.3, 0.4) is 0 Å². The summed E-state index contributed by atoms with van der Waals surface area (Å²) < 4.78 is 37.2. The number of nitrogens with two attached hydrogens (primary N) is 1. The van der Waals surface area contributed by atoms with Crippen molar-refractivity contribution in [3.8, 4) is 5.75 Å². The van der Waals surface area contributed by atoms with Crippen molar-refractivity contribution in [1.82, 2.24) is 0 Å². The molecule has 0 aliphatic heterocycles. The first-order valence-electron chi connectivity index (χ1n) is 6.15. The van der Waals surface area contributed by atoms with Crippen LogP contribution in [0.15, 0.2) is 11.0 Å². The van der Waals surface area contributed by atoms with Crippen LogP contribution in [0.1, 0.15) is 36.2 Å². The van der Waals surface area contributed by atoms with E-state index in [0.29, 0.717) is 0 Å². The van der Waals surface area contributed by atoms with Gasteiger partial charge >= 0.3 is 0 Å². The van der Waals surface area contributed by atoms with E-state index in [1.165, 1.54) is 19.9 Å². The fraction of sp³-hybridized carbons (Fsp3) is 0.385. The third-order valence-electron chi connectivity index (χ3n) is 2.71. The number of ether oxygens (including phenoxy) is 1. The zero-order valence-electron chi connectivity index (χ0n) is 12.0. The molecule has 7 nitrogen and oxygen atoms in total. The van der Waals surface area contributed by atoms with Crippen LogP contribution in [0.2, 0.25) is 0 Å². The van der Waals surface area contributed by atoms with Gasteiger partial charge in [-0.1, -0.05) is 0 Å². The summed E-state index contributed by atoms with van der Waals surface area (Å²) in [7, 11) is -4.55. The van der Waals surface area contributed by atoms with E-state index in [0.717, 1.165) is 0 Å². The number of aryl methyl sites for hydroxylation is 1.